The van der Waals surface area contributed by atoms with E-state index >= 15 is 0 Å². The smallest absolute Gasteiger partial charge is 0.106 e. The number of hydrogen-bond acceptors (Lipinski definition) is 2. The number of rotatable bonds is 1. The van der Waals surface area contributed by atoms with Crippen molar-refractivity contribution in [2.75, 3.05) is 6.54 Å². The SMILES string of the molecule is Brc1ccc(C2=CC[C@@H]3CCCN[C@@H]3C2)cn1. The molecule has 3 rings (SSSR count). The molecular formula is C14H17BrN2. The summed E-state index contributed by atoms with van der Waals surface area (Å²) in [6.45, 7) is 1.19. The van der Waals surface area contributed by atoms with E-state index in [-0.39, 0.29) is 0 Å². The van der Waals surface area contributed by atoms with Crippen molar-refractivity contribution in [3.63, 3.8) is 0 Å². The molecule has 1 aromatic rings. The van der Waals surface area contributed by atoms with Crippen LogP contribution in [0.4, 0.5) is 0 Å². The van der Waals surface area contributed by atoms with E-state index in [9.17, 15) is 0 Å². The van der Waals surface area contributed by atoms with Crippen LogP contribution in [0.5, 0.6) is 0 Å². The second-order valence-corrected chi connectivity index (χ2v) is 5.81. The maximum Gasteiger partial charge on any atom is 0.106 e. The van der Waals surface area contributed by atoms with Crippen molar-refractivity contribution in [2.45, 2.75) is 31.7 Å². The van der Waals surface area contributed by atoms with Gasteiger partial charge in [-0.2, -0.15) is 0 Å². The summed E-state index contributed by atoms with van der Waals surface area (Å²) >= 11 is 3.38. The quantitative estimate of drug-likeness (QED) is 0.803. The van der Waals surface area contributed by atoms with E-state index < -0.39 is 0 Å². The van der Waals surface area contributed by atoms with Gasteiger partial charge in [0.1, 0.15) is 4.60 Å². The van der Waals surface area contributed by atoms with Crippen LogP contribution in [-0.2, 0) is 0 Å². The number of nitrogens with zero attached hydrogens (tertiary/aromatic N) is 1. The van der Waals surface area contributed by atoms with E-state index in [1.165, 1.54) is 36.9 Å². The highest BCUT2D eigenvalue weighted by Gasteiger charge is 2.28. The van der Waals surface area contributed by atoms with Gasteiger partial charge < -0.3 is 5.32 Å². The molecule has 0 amide bonds. The largest absolute Gasteiger partial charge is 0.313 e. The lowest BCUT2D eigenvalue weighted by molar-refractivity contribution is 0.278. The zero-order valence-corrected chi connectivity index (χ0v) is 11.4. The first kappa shape index (κ1) is 11.4. The molecule has 0 bridgehead atoms. The van der Waals surface area contributed by atoms with Gasteiger partial charge in [0.05, 0.1) is 0 Å². The summed E-state index contributed by atoms with van der Waals surface area (Å²) in [6.07, 6.45) is 9.50. The Balaban J connectivity index is 1.80. The molecule has 2 nitrogen and oxygen atoms in total. The number of nitrogens with one attached hydrogen (secondary N) is 1. The molecule has 90 valence electrons. The van der Waals surface area contributed by atoms with Crippen molar-refractivity contribution in [1.82, 2.24) is 10.3 Å². The number of piperidine rings is 1. The van der Waals surface area contributed by atoms with Gasteiger partial charge in [0, 0.05) is 12.2 Å². The van der Waals surface area contributed by atoms with E-state index in [1.54, 1.807) is 0 Å². The normalized spacial score (nSPS) is 28.4. The van der Waals surface area contributed by atoms with Crippen LogP contribution in [0.15, 0.2) is 29.0 Å². The van der Waals surface area contributed by atoms with Crippen LogP contribution in [0.25, 0.3) is 5.57 Å². The Morgan fingerprint density at radius 1 is 1.35 bits per heavy atom. The lowest BCUT2D eigenvalue weighted by atomic mass is 9.78. The first-order valence-corrected chi connectivity index (χ1v) is 7.16. The molecule has 2 heterocycles. The fourth-order valence-electron chi connectivity index (χ4n) is 2.96. The fraction of sp³-hybridized carbons (Fsp3) is 0.500. The first-order valence-electron chi connectivity index (χ1n) is 6.37. The third-order valence-electron chi connectivity index (χ3n) is 3.93. The Kier molecular flexibility index (Phi) is 3.30. The predicted octanol–water partition coefficient (Wildman–Crippen LogP) is 3.39. The molecule has 17 heavy (non-hydrogen) atoms. The first-order chi connectivity index (χ1) is 8.33. The third-order valence-corrected chi connectivity index (χ3v) is 4.40. The molecule has 3 heteroatoms. The molecule has 2 aliphatic rings. The van der Waals surface area contributed by atoms with Crippen LogP contribution in [-0.4, -0.2) is 17.6 Å². The number of halogens is 1. The number of hydrogen-bond donors (Lipinski definition) is 1. The van der Waals surface area contributed by atoms with Crippen LogP contribution < -0.4 is 5.32 Å². The summed E-state index contributed by atoms with van der Waals surface area (Å²) in [4.78, 5) is 4.31. The summed E-state index contributed by atoms with van der Waals surface area (Å²) in [6, 6.07) is 4.87. The van der Waals surface area contributed by atoms with Gasteiger partial charge in [-0.05, 0) is 71.3 Å². The molecule has 1 saturated heterocycles. The highest BCUT2D eigenvalue weighted by molar-refractivity contribution is 9.10. The summed E-state index contributed by atoms with van der Waals surface area (Å²) in [5.41, 5.74) is 2.74. The summed E-state index contributed by atoms with van der Waals surface area (Å²) in [5.74, 6) is 0.857. The summed E-state index contributed by atoms with van der Waals surface area (Å²) in [5, 5.41) is 3.66. The van der Waals surface area contributed by atoms with E-state index in [1.807, 2.05) is 12.3 Å². The van der Waals surface area contributed by atoms with Crippen LogP contribution in [0.2, 0.25) is 0 Å². The zero-order chi connectivity index (χ0) is 11.7. The number of aromatic nitrogens is 1. The fourth-order valence-corrected chi connectivity index (χ4v) is 3.19. The Morgan fingerprint density at radius 2 is 2.29 bits per heavy atom. The number of pyridine rings is 1. The molecule has 0 aromatic carbocycles. The molecule has 0 unspecified atom stereocenters. The lowest BCUT2D eigenvalue weighted by Crippen LogP contribution is -2.42. The van der Waals surface area contributed by atoms with Gasteiger partial charge in [-0.25, -0.2) is 4.98 Å². The second-order valence-electron chi connectivity index (χ2n) is 5.00. The molecule has 0 saturated carbocycles. The van der Waals surface area contributed by atoms with E-state index in [0.717, 1.165) is 16.9 Å². The molecular weight excluding hydrogens is 276 g/mol. The van der Waals surface area contributed by atoms with E-state index in [2.05, 4.69) is 38.4 Å². The molecule has 1 aliphatic heterocycles. The minimum atomic E-state index is 0.687. The minimum absolute atomic E-state index is 0.687. The monoisotopic (exact) mass is 292 g/mol. The lowest BCUT2D eigenvalue weighted by Gasteiger charge is -2.36. The van der Waals surface area contributed by atoms with Gasteiger partial charge in [0.25, 0.3) is 0 Å². The molecule has 0 spiro atoms. The number of allylic oxidation sites excluding steroid dienone is 1. The van der Waals surface area contributed by atoms with Gasteiger partial charge in [-0.15, -0.1) is 0 Å². The Morgan fingerprint density at radius 3 is 3.12 bits per heavy atom. The molecule has 1 aliphatic carbocycles. The highest BCUT2D eigenvalue weighted by atomic mass is 79.9. The van der Waals surface area contributed by atoms with Crippen molar-refractivity contribution in [3.8, 4) is 0 Å². The third kappa shape index (κ3) is 2.45. The standard InChI is InChI=1S/C14H17BrN2/c15-14-6-5-12(9-17-14)11-4-3-10-2-1-7-16-13(10)8-11/h4-6,9-10,13,16H,1-3,7-8H2/t10-,13+/m0/s1. The summed E-state index contributed by atoms with van der Waals surface area (Å²) in [7, 11) is 0. The van der Waals surface area contributed by atoms with E-state index in [4.69, 9.17) is 0 Å². The predicted molar refractivity (Wildman–Crippen MR) is 73.7 cm³/mol. The molecule has 1 N–H and O–H groups in total. The van der Waals surface area contributed by atoms with Gasteiger partial charge >= 0.3 is 0 Å². The summed E-state index contributed by atoms with van der Waals surface area (Å²) < 4.78 is 0.909. The van der Waals surface area contributed by atoms with Crippen molar-refractivity contribution in [3.05, 3.63) is 34.6 Å². The van der Waals surface area contributed by atoms with Crippen molar-refractivity contribution in [2.24, 2.45) is 5.92 Å². The number of fused-ring (bicyclic) bond motifs is 1. The Hall–Kier alpha value is -0.670. The van der Waals surface area contributed by atoms with Gasteiger partial charge in [-0.3, -0.25) is 0 Å². The van der Waals surface area contributed by atoms with Crippen molar-refractivity contribution >= 4 is 21.5 Å². The Labute approximate surface area is 111 Å². The van der Waals surface area contributed by atoms with E-state index in [0.29, 0.717) is 6.04 Å². The topological polar surface area (TPSA) is 24.9 Å². The zero-order valence-electron chi connectivity index (χ0n) is 9.82. The van der Waals surface area contributed by atoms with Gasteiger partial charge in [0.15, 0.2) is 0 Å². The van der Waals surface area contributed by atoms with Crippen LogP contribution in [0, 0.1) is 5.92 Å². The molecule has 1 fully saturated rings. The van der Waals surface area contributed by atoms with Crippen LogP contribution >= 0.6 is 15.9 Å². The van der Waals surface area contributed by atoms with Gasteiger partial charge in [0.2, 0.25) is 0 Å². The average molecular weight is 293 g/mol. The second kappa shape index (κ2) is 4.91. The van der Waals surface area contributed by atoms with Crippen LogP contribution in [0.3, 0.4) is 0 Å². The Bertz CT molecular complexity index is 424. The maximum atomic E-state index is 4.31. The molecule has 2 atom stereocenters. The molecule has 1 aromatic heterocycles. The minimum Gasteiger partial charge on any atom is -0.313 e. The van der Waals surface area contributed by atoms with Crippen LogP contribution in [0.1, 0.15) is 31.2 Å². The average Bonchev–Trinajstić information content (AvgIpc) is 2.39. The highest BCUT2D eigenvalue weighted by Crippen LogP contribution is 2.34. The maximum absolute atomic E-state index is 4.31. The molecule has 0 radical (unpaired) electrons. The van der Waals surface area contributed by atoms with Crippen molar-refractivity contribution < 1.29 is 0 Å². The van der Waals surface area contributed by atoms with Gasteiger partial charge in [-0.1, -0.05) is 12.1 Å². The van der Waals surface area contributed by atoms with Crippen molar-refractivity contribution in [1.29, 1.82) is 0 Å².